The first-order chi connectivity index (χ1) is 48.7. The minimum atomic E-state index is -3.92. The van der Waals surface area contributed by atoms with E-state index in [0.29, 0.717) is 56.6 Å². The molecule has 2 N–H and O–H groups in total. The number of furan rings is 2. The molecule has 0 bridgehead atoms. The predicted molar refractivity (Wildman–Crippen MR) is 346 cm³/mol. The number of terminal acetylenes is 1. The number of nitrogens with zero attached hydrogens (tertiary/aromatic N) is 4. The van der Waals surface area contributed by atoms with Crippen LogP contribution in [-0.2, 0) is 50.3 Å². The molecule has 0 unspecified atom stereocenters. The zero-order valence-electron chi connectivity index (χ0n) is 66.1. The number of benzene rings is 6. The quantitative estimate of drug-likeness (QED) is 0.0742. The summed E-state index contributed by atoms with van der Waals surface area (Å²) in [6.07, 6.45) is 6.63. The fraction of sp³-hybridized carbons (Fsp3) is 0.118. The third-order valence-electron chi connectivity index (χ3n) is 10.1. The Hall–Kier alpha value is -7.97. The van der Waals surface area contributed by atoms with E-state index >= 15 is 0 Å². The second-order valence-corrected chi connectivity index (χ2v) is 17.4. The van der Waals surface area contributed by atoms with E-state index in [1.54, 1.807) is 55.5 Å². The smallest absolute Gasteiger partial charge is 0.136 e. The first-order valence-corrected chi connectivity index (χ1v) is 26.0. The zero-order valence-corrected chi connectivity index (χ0v) is 51.7. The molecule has 0 aliphatic heterocycles. The van der Waals surface area contributed by atoms with Crippen LogP contribution in [0.1, 0.15) is 56.6 Å². The van der Waals surface area contributed by atoms with E-state index in [1.165, 1.54) is 48.8 Å². The van der Waals surface area contributed by atoms with Gasteiger partial charge in [0, 0.05) is 148 Å². The number of aliphatic hydroxyl groups is 2. The van der Waals surface area contributed by atoms with Gasteiger partial charge in [-0.1, -0.05) is 122 Å². The molecule has 11 nitrogen and oxygen atoms in total. The Morgan fingerprint density at radius 3 is 1.45 bits per heavy atom. The summed E-state index contributed by atoms with van der Waals surface area (Å²) in [5, 5.41) is 17.3. The van der Waals surface area contributed by atoms with E-state index in [4.69, 9.17) is 65.9 Å². The molecule has 12 rings (SSSR count). The van der Waals surface area contributed by atoms with E-state index in [-0.39, 0.29) is 122 Å². The van der Waals surface area contributed by atoms with Gasteiger partial charge in [-0.05, 0) is 102 Å². The number of pyridine rings is 4. The van der Waals surface area contributed by atoms with Crippen LogP contribution in [0.5, 0.6) is 0 Å². The number of fused-ring (bicyclic) bond motifs is 6. The van der Waals surface area contributed by atoms with Crippen molar-refractivity contribution >= 4 is 83.6 Å². The first-order valence-electron chi connectivity index (χ1n) is 34.2. The van der Waals surface area contributed by atoms with Gasteiger partial charge in [0.1, 0.15) is 16.7 Å². The van der Waals surface area contributed by atoms with Gasteiger partial charge in [0.15, 0.2) is 0 Å². The van der Waals surface area contributed by atoms with Gasteiger partial charge < -0.3 is 38.6 Å². The number of rotatable bonds is 4. The fourth-order valence-electron chi connectivity index (χ4n) is 6.92. The summed E-state index contributed by atoms with van der Waals surface area (Å²) in [7, 11) is 12.1. The van der Waals surface area contributed by atoms with Crippen LogP contribution in [0.25, 0.3) is 88.9 Å². The maximum atomic E-state index is 9.08. The van der Waals surface area contributed by atoms with Crippen molar-refractivity contribution < 1.29 is 99.6 Å². The molecule has 8 radical (unpaired) electrons. The summed E-state index contributed by atoms with van der Waals surface area (Å²) < 4.78 is 189. The molecule has 0 aliphatic carbocycles. The summed E-state index contributed by atoms with van der Waals surface area (Å²) in [5.41, 5.74) is 7.39. The molecule has 6 aromatic heterocycles. The summed E-state index contributed by atoms with van der Waals surface area (Å²) in [4.78, 5) is 16.3. The third-order valence-corrected chi connectivity index (χ3v) is 10.1. The number of hydrogen-bond donors (Lipinski definition) is 2. The van der Waals surface area contributed by atoms with E-state index < -0.39 is 43.9 Å². The predicted octanol–water partition coefficient (Wildman–Crippen LogP) is 12.9. The Kier molecular flexibility index (Phi) is 21.7. The fourth-order valence-corrected chi connectivity index (χ4v) is 6.92. The molecule has 0 atom stereocenters. The van der Waals surface area contributed by atoms with Crippen LogP contribution in [0.2, 0.25) is 0 Å². The largest absolute Gasteiger partial charge is 0.748 e. The van der Waals surface area contributed by atoms with Crippen molar-refractivity contribution in [1.29, 1.82) is 0 Å². The molecule has 6 heterocycles. The van der Waals surface area contributed by atoms with Crippen LogP contribution in [-0.4, -0.2) is 93.2 Å². The van der Waals surface area contributed by atoms with Crippen LogP contribution >= 0.6 is 0 Å². The van der Waals surface area contributed by atoms with Crippen LogP contribution in [0, 0.1) is 69.8 Å². The molecule has 86 heavy (non-hydrogen) atoms. The maximum absolute atomic E-state index is 9.08. The molecular formula is C68H60B4Ir2N4O7S-4. The van der Waals surface area contributed by atoms with Gasteiger partial charge in [-0.3, -0.25) is 4.98 Å². The molecule has 0 aliphatic rings. The van der Waals surface area contributed by atoms with Crippen molar-refractivity contribution in [2.24, 2.45) is 0 Å². The van der Waals surface area contributed by atoms with Crippen LogP contribution in [0.15, 0.2) is 209 Å². The molecule has 0 fully saturated rings. The summed E-state index contributed by atoms with van der Waals surface area (Å²) in [6, 6.07) is 46.3. The van der Waals surface area contributed by atoms with Gasteiger partial charge in [0.2, 0.25) is 0 Å². The molecule has 12 aromatic rings. The van der Waals surface area contributed by atoms with Gasteiger partial charge in [-0.25, -0.2) is 8.42 Å². The van der Waals surface area contributed by atoms with Crippen molar-refractivity contribution in [3.05, 3.63) is 241 Å². The number of aromatic nitrogens is 4. The molecule has 434 valence electrons. The minimum absolute atomic E-state index is 0. The maximum Gasteiger partial charge on any atom is 0.136 e. The number of aliphatic hydroxyl groups excluding tert-OH is 2. The van der Waals surface area contributed by atoms with E-state index in [0.717, 1.165) is 41.3 Å². The second-order valence-electron chi connectivity index (χ2n) is 16.0. The van der Waals surface area contributed by atoms with Gasteiger partial charge in [0.25, 0.3) is 0 Å². The molecule has 0 spiro atoms. The Morgan fingerprint density at radius 1 is 0.581 bits per heavy atom. The standard InChI is InChI=1S/C17H11NO.C17H10NO.2C13H12N.C5H4.CH4O3S.2CH4O.B4.2Ir/c2*1-2-9-15-13(6-1)17-12(7-5-10-16(17)19-15)14-8-3-4-11-18-14;2*1-10-3-6-12(7-4-10)13-8-5-11(2)9-14-13;1-3-5-4-2;1-5(2,3)4;2*1-2;1-4(2)3;;/h1-11H;1-6,8-11H;2*3-6,8-9H,1-2H3;1H,2H3;1H3,(H,2,3,4);2*2H,1H3;;;/q;3*-1;;;;;;;/p-1/i2*3D,4D,8D,11D;2*1D3,2D3;;;;;;;. The molecule has 6 aromatic carbocycles. The van der Waals surface area contributed by atoms with E-state index in [1.807, 2.05) is 54.6 Å². The van der Waals surface area contributed by atoms with Crippen molar-refractivity contribution in [2.75, 3.05) is 20.5 Å². The van der Waals surface area contributed by atoms with Gasteiger partial charge >= 0.3 is 0 Å². The molecule has 18 heteroatoms. The Balaban J connectivity index is 0.000000443. The number of para-hydroxylation sites is 2. The van der Waals surface area contributed by atoms with Gasteiger partial charge in [-0.15, -0.1) is 94.9 Å². The van der Waals surface area contributed by atoms with Crippen LogP contribution in [0.3, 0.4) is 0 Å². The second kappa shape index (κ2) is 39.6. The molecule has 0 saturated carbocycles. The van der Waals surface area contributed by atoms with Crippen molar-refractivity contribution in [3.8, 4) is 69.2 Å². The topological polar surface area (TPSA) is 175 Å². The van der Waals surface area contributed by atoms with Crippen LogP contribution < -0.4 is 0 Å². The average molecular weight is 1530 g/mol. The van der Waals surface area contributed by atoms with Gasteiger partial charge in [-0.2, -0.15) is 0 Å². The van der Waals surface area contributed by atoms with Crippen molar-refractivity contribution in [3.63, 3.8) is 0 Å². The van der Waals surface area contributed by atoms with Crippen molar-refractivity contribution in [1.82, 2.24) is 19.9 Å². The molecule has 0 saturated heterocycles. The Bertz CT molecular complexity index is 4680. The average Bonchev–Trinajstić information content (AvgIpc) is 1.58. The number of aryl methyl sites for hydroxylation is 4. The molecular weight excluding hydrogens is 1440 g/mol. The number of hydrogen-bond acceptors (Lipinski definition) is 11. The van der Waals surface area contributed by atoms with E-state index in [9.17, 15) is 0 Å². The summed E-state index contributed by atoms with van der Waals surface area (Å²) in [5.74, 6) is 7.08. The summed E-state index contributed by atoms with van der Waals surface area (Å²) in [6.45, 7) is -6.97. The third kappa shape index (κ3) is 24.6. The Morgan fingerprint density at radius 2 is 1.02 bits per heavy atom. The van der Waals surface area contributed by atoms with Gasteiger partial charge in [0.05, 0.1) is 32.4 Å². The van der Waals surface area contributed by atoms with E-state index in [2.05, 4.69) is 79.1 Å². The van der Waals surface area contributed by atoms with Crippen molar-refractivity contribution in [2.45, 2.75) is 34.3 Å². The normalized spacial score (nSPS) is 13.5. The Labute approximate surface area is 565 Å². The monoisotopic (exact) mass is 1530 g/mol. The summed E-state index contributed by atoms with van der Waals surface area (Å²) >= 11 is 0. The minimum Gasteiger partial charge on any atom is -0.748 e. The SMILES string of the molecule is C#CC#CC.CO.CO.CS(=O)(=O)[O-].[2H]C([2H])([2H])c1c[c-]c(-c2ccc(C([2H])([2H])[2H])cn2)cc1.[2H]C([2H])([2H])c1c[c-]c(-c2ccc(C([2H])([2H])[2H])cn2)cc1.[2H]c1nc(-c2[c-]ccc3oc4ccccc4c23)c([2H])c([2H])c1[2H].[2H]c1nc(-c2cccc3oc4ccccc4c23)c([2H])c([2H])c1[2H].[B]B([B])[B].[Ir].[Ir]. The zero-order chi connectivity index (χ0) is 78.4. The van der Waals surface area contributed by atoms with Crippen LogP contribution in [0.4, 0.5) is 0 Å². The molecule has 0 amide bonds. The first kappa shape index (κ1) is 47.2.